The third-order valence-corrected chi connectivity index (χ3v) is 4.60. The Bertz CT molecular complexity index is 691. The van der Waals surface area contributed by atoms with Crippen LogP contribution in [0.2, 0.25) is 0 Å². The number of benzene rings is 2. The number of hydrogen-bond acceptors (Lipinski definition) is 1. The molecule has 0 saturated carbocycles. The van der Waals surface area contributed by atoms with Crippen LogP contribution in [0.25, 0.3) is 12.2 Å². The van der Waals surface area contributed by atoms with Crippen molar-refractivity contribution >= 4 is 12.2 Å². The van der Waals surface area contributed by atoms with E-state index in [4.69, 9.17) is 0 Å². The maximum absolute atomic E-state index is 2.58. The molecule has 3 rings (SSSR count). The topological polar surface area (TPSA) is 3.24 Å². The molecule has 0 spiro atoms. The second-order valence-electron chi connectivity index (χ2n) is 6.68. The number of allylic oxidation sites excluding steroid dienone is 2. The van der Waals surface area contributed by atoms with E-state index in [9.17, 15) is 0 Å². The fourth-order valence-electron chi connectivity index (χ4n) is 3.23. The predicted octanol–water partition coefficient (Wildman–Crippen LogP) is 5.44. The van der Waals surface area contributed by atoms with Crippen LogP contribution < -0.4 is 0 Å². The molecule has 1 aliphatic rings. The van der Waals surface area contributed by atoms with Crippen LogP contribution in [0.3, 0.4) is 0 Å². The molecule has 124 valence electrons. The van der Waals surface area contributed by atoms with Gasteiger partial charge in [-0.15, -0.1) is 0 Å². The van der Waals surface area contributed by atoms with Crippen molar-refractivity contribution in [1.29, 1.82) is 0 Å². The monoisotopic (exact) mass is 317 g/mol. The lowest BCUT2D eigenvalue weighted by atomic mass is 10.1. The molecule has 1 fully saturated rings. The molecular formula is C23H27N. The van der Waals surface area contributed by atoms with Gasteiger partial charge < -0.3 is 4.90 Å². The van der Waals surface area contributed by atoms with Crippen molar-refractivity contribution in [2.75, 3.05) is 19.6 Å². The van der Waals surface area contributed by atoms with Gasteiger partial charge in [0.1, 0.15) is 0 Å². The fourth-order valence-corrected chi connectivity index (χ4v) is 3.23. The molecule has 1 heterocycles. The maximum atomic E-state index is 2.58. The third kappa shape index (κ3) is 5.21. The number of nitrogens with zero attached hydrogens (tertiary/aromatic N) is 1. The molecule has 0 N–H and O–H groups in total. The van der Waals surface area contributed by atoms with E-state index in [1.165, 1.54) is 54.7 Å². The summed E-state index contributed by atoms with van der Waals surface area (Å²) in [5.74, 6) is 0. The van der Waals surface area contributed by atoms with Crippen LogP contribution in [0, 0.1) is 0 Å². The molecule has 24 heavy (non-hydrogen) atoms. The highest BCUT2D eigenvalue weighted by molar-refractivity contribution is 5.61. The van der Waals surface area contributed by atoms with E-state index in [1.54, 1.807) is 0 Å². The molecule has 0 aliphatic carbocycles. The van der Waals surface area contributed by atoms with Crippen LogP contribution in [0.15, 0.2) is 66.2 Å². The van der Waals surface area contributed by atoms with Gasteiger partial charge in [0, 0.05) is 6.54 Å². The van der Waals surface area contributed by atoms with Crippen LogP contribution in [0.1, 0.15) is 36.5 Å². The Balaban J connectivity index is 1.61. The minimum absolute atomic E-state index is 1.15. The second-order valence-corrected chi connectivity index (χ2v) is 6.68. The van der Waals surface area contributed by atoms with Crippen molar-refractivity contribution < 1.29 is 0 Å². The molecule has 0 amide bonds. The summed E-state index contributed by atoms with van der Waals surface area (Å²) in [6.45, 7) is 5.92. The van der Waals surface area contributed by atoms with E-state index in [2.05, 4.69) is 78.6 Å². The molecule has 0 aromatic heterocycles. The Morgan fingerprint density at radius 3 is 2.50 bits per heavy atom. The molecule has 0 atom stereocenters. The Morgan fingerprint density at radius 2 is 1.71 bits per heavy atom. The quantitative estimate of drug-likeness (QED) is 0.641. The van der Waals surface area contributed by atoms with E-state index in [1.807, 2.05) is 6.07 Å². The molecule has 2 aromatic rings. The van der Waals surface area contributed by atoms with Crippen LogP contribution in [0.5, 0.6) is 0 Å². The molecule has 2 aromatic carbocycles. The van der Waals surface area contributed by atoms with E-state index in [0.29, 0.717) is 0 Å². The Labute approximate surface area is 146 Å². The summed E-state index contributed by atoms with van der Waals surface area (Å²) in [5, 5.41) is 0. The predicted molar refractivity (Wildman–Crippen MR) is 105 cm³/mol. The Hall–Kier alpha value is -2.12. The number of rotatable bonds is 6. The SMILES string of the molecule is CC(C=Cc1ccccc1)=Cc1cccc(CCN2CCCC2)c1. The van der Waals surface area contributed by atoms with Crippen molar-refractivity contribution in [1.82, 2.24) is 4.90 Å². The lowest BCUT2D eigenvalue weighted by molar-refractivity contribution is 0.343. The lowest BCUT2D eigenvalue weighted by Crippen LogP contribution is -2.21. The van der Waals surface area contributed by atoms with E-state index in [-0.39, 0.29) is 0 Å². The number of hydrogen-bond donors (Lipinski definition) is 0. The van der Waals surface area contributed by atoms with Crippen molar-refractivity contribution in [3.63, 3.8) is 0 Å². The summed E-state index contributed by atoms with van der Waals surface area (Å²) < 4.78 is 0. The first-order valence-corrected chi connectivity index (χ1v) is 9.02. The van der Waals surface area contributed by atoms with Crippen LogP contribution >= 0.6 is 0 Å². The van der Waals surface area contributed by atoms with Crippen molar-refractivity contribution in [3.05, 3.63) is 82.9 Å². The van der Waals surface area contributed by atoms with E-state index in [0.717, 1.165) is 6.42 Å². The largest absolute Gasteiger partial charge is 0.303 e. The van der Waals surface area contributed by atoms with Gasteiger partial charge in [-0.1, -0.05) is 78.4 Å². The van der Waals surface area contributed by atoms with Gasteiger partial charge in [0.05, 0.1) is 0 Å². The van der Waals surface area contributed by atoms with Gasteiger partial charge >= 0.3 is 0 Å². The zero-order chi connectivity index (χ0) is 16.6. The standard InChI is InChI=1S/C23H27N/c1-20(12-13-21-8-3-2-4-9-21)18-23-11-7-10-22(19-23)14-17-24-15-5-6-16-24/h2-4,7-13,18-19H,5-6,14-17H2,1H3. The van der Waals surface area contributed by atoms with Gasteiger partial charge in [0.15, 0.2) is 0 Å². The van der Waals surface area contributed by atoms with Crippen LogP contribution in [0.4, 0.5) is 0 Å². The first kappa shape index (κ1) is 16.7. The summed E-state index contributed by atoms with van der Waals surface area (Å²) in [6.07, 6.45) is 10.5. The van der Waals surface area contributed by atoms with Gasteiger partial charge in [-0.25, -0.2) is 0 Å². The van der Waals surface area contributed by atoms with Gasteiger partial charge in [0.2, 0.25) is 0 Å². The first-order chi connectivity index (χ1) is 11.8. The molecule has 1 aliphatic heterocycles. The molecule has 0 unspecified atom stereocenters. The van der Waals surface area contributed by atoms with Crippen LogP contribution in [-0.4, -0.2) is 24.5 Å². The molecular weight excluding hydrogens is 290 g/mol. The zero-order valence-corrected chi connectivity index (χ0v) is 14.6. The minimum Gasteiger partial charge on any atom is -0.303 e. The molecule has 1 heteroatoms. The summed E-state index contributed by atoms with van der Waals surface area (Å²) >= 11 is 0. The van der Waals surface area contributed by atoms with Gasteiger partial charge in [0.25, 0.3) is 0 Å². The molecule has 1 nitrogen and oxygen atoms in total. The summed E-state index contributed by atoms with van der Waals surface area (Å²) in [7, 11) is 0. The average molecular weight is 317 g/mol. The Morgan fingerprint density at radius 1 is 0.958 bits per heavy atom. The van der Waals surface area contributed by atoms with Crippen molar-refractivity contribution in [2.45, 2.75) is 26.2 Å². The smallest absolute Gasteiger partial charge is 0.00218 e. The van der Waals surface area contributed by atoms with E-state index >= 15 is 0 Å². The third-order valence-electron chi connectivity index (χ3n) is 4.60. The highest BCUT2D eigenvalue weighted by Crippen LogP contribution is 2.14. The van der Waals surface area contributed by atoms with Gasteiger partial charge in [-0.2, -0.15) is 0 Å². The van der Waals surface area contributed by atoms with E-state index < -0.39 is 0 Å². The van der Waals surface area contributed by atoms with Gasteiger partial charge in [-0.3, -0.25) is 0 Å². The summed E-state index contributed by atoms with van der Waals surface area (Å²) in [4.78, 5) is 2.58. The highest BCUT2D eigenvalue weighted by atomic mass is 15.1. The fraction of sp³-hybridized carbons (Fsp3) is 0.304. The molecule has 1 saturated heterocycles. The highest BCUT2D eigenvalue weighted by Gasteiger charge is 2.10. The molecule has 0 radical (unpaired) electrons. The maximum Gasteiger partial charge on any atom is 0.00218 e. The summed E-state index contributed by atoms with van der Waals surface area (Å²) in [6, 6.07) is 19.4. The van der Waals surface area contributed by atoms with Crippen LogP contribution in [-0.2, 0) is 6.42 Å². The summed E-state index contributed by atoms with van der Waals surface area (Å²) in [5.41, 5.74) is 5.25. The lowest BCUT2D eigenvalue weighted by Gasteiger charge is -2.14. The Kier molecular flexibility index (Phi) is 6.03. The van der Waals surface area contributed by atoms with Gasteiger partial charge in [-0.05, 0) is 56.0 Å². The second kappa shape index (κ2) is 8.65. The zero-order valence-electron chi connectivity index (χ0n) is 14.6. The van der Waals surface area contributed by atoms with Crippen molar-refractivity contribution in [2.24, 2.45) is 0 Å². The minimum atomic E-state index is 1.15. The average Bonchev–Trinajstić information content (AvgIpc) is 3.13. The van der Waals surface area contributed by atoms with Crippen molar-refractivity contribution in [3.8, 4) is 0 Å². The normalized spacial score (nSPS) is 16.1. The number of likely N-dealkylation sites (tertiary alicyclic amines) is 1. The molecule has 0 bridgehead atoms. The first-order valence-electron chi connectivity index (χ1n) is 9.02.